The van der Waals surface area contributed by atoms with Crippen LogP contribution in [0.25, 0.3) is 17.8 Å². The molecule has 1 aromatic carbocycles. The van der Waals surface area contributed by atoms with Gasteiger partial charge in [-0.2, -0.15) is 9.61 Å². The van der Waals surface area contributed by atoms with Crippen LogP contribution in [0.15, 0.2) is 42.6 Å². The lowest BCUT2D eigenvalue weighted by Crippen LogP contribution is -1.98. The molecule has 0 saturated carbocycles. The summed E-state index contributed by atoms with van der Waals surface area (Å²) in [7, 11) is 0. The van der Waals surface area contributed by atoms with Gasteiger partial charge >= 0.3 is 0 Å². The summed E-state index contributed by atoms with van der Waals surface area (Å²) in [6, 6.07) is 12.1. The van der Waals surface area contributed by atoms with Crippen molar-refractivity contribution in [2.45, 2.75) is 6.92 Å². The van der Waals surface area contributed by atoms with Crippen LogP contribution in [0.5, 0.6) is 0 Å². The summed E-state index contributed by atoms with van der Waals surface area (Å²) in [5.41, 5.74) is 9.66. The molecule has 0 aliphatic heterocycles. The van der Waals surface area contributed by atoms with Crippen LogP contribution in [0.2, 0.25) is 0 Å². The highest BCUT2D eigenvalue weighted by atomic mass is 15.3. The normalized spacial score (nSPS) is 11.4. The van der Waals surface area contributed by atoms with E-state index >= 15 is 0 Å². The highest BCUT2D eigenvalue weighted by Crippen LogP contribution is 2.17. The quantitative estimate of drug-likeness (QED) is 0.760. The molecule has 3 rings (SSSR count). The second-order valence-corrected chi connectivity index (χ2v) is 4.35. The van der Waals surface area contributed by atoms with Gasteiger partial charge in [-0.05, 0) is 18.6 Å². The zero-order valence-corrected chi connectivity index (χ0v) is 10.6. The van der Waals surface area contributed by atoms with Crippen LogP contribution in [0.1, 0.15) is 16.8 Å². The number of nitrogen functional groups attached to an aromatic ring is 1. The maximum atomic E-state index is 5.93. The minimum Gasteiger partial charge on any atom is -0.382 e. The number of nitrogens with zero attached hydrogens (tertiary/aromatic N) is 3. The van der Waals surface area contributed by atoms with E-state index in [9.17, 15) is 0 Å². The predicted molar refractivity (Wildman–Crippen MR) is 77.5 cm³/mol. The maximum absolute atomic E-state index is 5.93. The largest absolute Gasteiger partial charge is 0.382 e. The van der Waals surface area contributed by atoms with Crippen LogP contribution in [0, 0.1) is 6.92 Å². The molecule has 2 aromatic heterocycles. The van der Waals surface area contributed by atoms with Crippen molar-refractivity contribution in [2.24, 2.45) is 0 Å². The first kappa shape index (κ1) is 11.5. The fraction of sp³-hybridized carbons (Fsp3) is 0.0667. The molecule has 4 heteroatoms. The molecular weight excluding hydrogens is 236 g/mol. The molecule has 4 nitrogen and oxygen atoms in total. The van der Waals surface area contributed by atoms with Gasteiger partial charge in [0.05, 0.1) is 5.69 Å². The highest BCUT2D eigenvalue weighted by molar-refractivity contribution is 5.77. The Bertz CT molecular complexity index is 741. The molecule has 0 spiro atoms. The molecule has 0 fully saturated rings. The third kappa shape index (κ3) is 2.08. The van der Waals surface area contributed by atoms with Crippen LogP contribution in [0.4, 0.5) is 5.82 Å². The molecule has 0 aliphatic rings. The lowest BCUT2D eigenvalue weighted by atomic mass is 10.2. The van der Waals surface area contributed by atoms with Crippen LogP contribution in [0.3, 0.4) is 0 Å². The van der Waals surface area contributed by atoms with Gasteiger partial charge in [-0.1, -0.05) is 42.5 Å². The zero-order valence-electron chi connectivity index (χ0n) is 10.6. The molecule has 94 valence electrons. The Morgan fingerprint density at radius 1 is 1.11 bits per heavy atom. The molecule has 0 saturated heterocycles. The summed E-state index contributed by atoms with van der Waals surface area (Å²) >= 11 is 0. The van der Waals surface area contributed by atoms with Crippen molar-refractivity contribution in [3.8, 4) is 0 Å². The summed E-state index contributed by atoms with van der Waals surface area (Å²) < 4.78 is 1.67. The van der Waals surface area contributed by atoms with Crippen molar-refractivity contribution in [1.29, 1.82) is 0 Å². The maximum Gasteiger partial charge on any atom is 0.163 e. The minimum absolute atomic E-state index is 0.588. The fourth-order valence-electron chi connectivity index (χ4n) is 1.97. The first-order valence-electron chi connectivity index (χ1n) is 6.08. The lowest BCUT2D eigenvalue weighted by molar-refractivity contribution is 0.943. The number of hydrogen-bond donors (Lipinski definition) is 1. The average Bonchev–Trinajstić information content (AvgIpc) is 2.74. The Morgan fingerprint density at radius 2 is 1.89 bits per heavy atom. The number of nitrogens with two attached hydrogens (primary N) is 1. The Kier molecular flexibility index (Phi) is 2.76. The second-order valence-electron chi connectivity index (χ2n) is 4.35. The van der Waals surface area contributed by atoms with Crippen LogP contribution in [-0.4, -0.2) is 14.6 Å². The summed E-state index contributed by atoms with van der Waals surface area (Å²) in [5.74, 6) is 0.588. The highest BCUT2D eigenvalue weighted by Gasteiger charge is 2.08. The van der Waals surface area contributed by atoms with E-state index in [1.165, 1.54) is 0 Å². The molecule has 0 atom stereocenters. The van der Waals surface area contributed by atoms with Gasteiger partial charge in [0.25, 0.3) is 0 Å². The van der Waals surface area contributed by atoms with Crippen LogP contribution in [-0.2, 0) is 0 Å². The van der Waals surface area contributed by atoms with E-state index < -0.39 is 0 Å². The molecule has 2 N–H and O–H groups in total. The van der Waals surface area contributed by atoms with Gasteiger partial charge in [0, 0.05) is 11.8 Å². The number of imidazole rings is 1. The molecule has 0 aliphatic carbocycles. The molecular formula is C15H14N4. The predicted octanol–water partition coefficient (Wildman–Crippen LogP) is 2.79. The van der Waals surface area contributed by atoms with Crippen molar-refractivity contribution >= 4 is 23.6 Å². The number of aromatic nitrogens is 3. The fourth-order valence-corrected chi connectivity index (χ4v) is 1.97. The standard InChI is InChI=1S/C15H14N4/c1-11-14(16)19-15(18-11)13(9-10-17-19)8-7-12-5-3-2-4-6-12/h2-10H,16H2,1H3/b8-7+. The smallest absolute Gasteiger partial charge is 0.163 e. The summed E-state index contributed by atoms with van der Waals surface area (Å²) in [6.45, 7) is 1.88. The number of fused-ring (bicyclic) bond motifs is 1. The van der Waals surface area contributed by atoms with Gasteiger partial charge in [0.15, 0.2) is 5.65 Å². The number of aryl methyl sites for hydroxylation is 1. The SMILES string of the molecule is Cc1nc2c(/C=C/c3ccccc3)ccnn2c1N. The van der Waals surface area contributed by atoms with Gasteiger partial charge in [0.1, 0.15) is 5.82 Å². The van der Waals surface area contributed by atoms with E-state index in [4.69, 9.17) is 5.73 Å². The molecule has 0 radical (unpaired) electrons. The van der Waals surface area contributed by atoms with Gasteiger partial charge < -0.3 is 5.73 Å². The van der Waals surface area contributed by atoms with E-state index in [0.717, 1.165) is 22.5 Å². The van der Waals surface area contributed by atoms with Gasteiger partial charge in [-0.15, -0.1) is 0 Å². The Labute approximate surface area is 111 Å². The molecule has 3 aromatic rings. The number of rotatable bonds is 2. The topological polar surface area (TPSA) is 56.2 Å². The second kappa shape index (κ2) is 4.57. The van der Waals surface area contributed by atoms with Gasteiger partial charge in [-0.25, -0.2) is 4.98 Å². The van der Waals surface area contributed by atoms with Gasteiger partial charge in [-0.3, -0.25) is 0 Å². The van der Waals surface area contributed by atoms with E-state index in [2.05, 4.69) is 28.3 Å². The van der Waals surface area contributed by atoms with Crippen molar-refractivity contribution < 1.29 is 0 Å². The summed E-state index contributed by atoms with van der Waals surface area (Å²) in [6.07, 6.45) is 5.81. The van der Waals surface area contributed by atoms with Crippen molar-refractivity contribution in [2.75, 3.05) is 5.73 Å². The first-order valence-corrected chi connectivity index (χ1v) is 6.08. The van der Waals surface area contributed by atoms with Crippen molar-refractivity contribution in [3.63, 3.8) is 0 Å². The molecule has 0 amide bonds. The van der Waals surface area contributed by atoms with E-state index in [1.54, 1.807) is 10.7 Å². The van der Waals surface area contributed by atoms with E-state index in [0.29, 0.717) is 5.82 Å². The van der Waals surface area contributed by atoms with Gasteiger partial charge in [0.2, 0.25) is 0 Å². The summed E-state index contributed by atoms with van der Waals surface area (Å²) in [5, 5.41) is 4.21. The molecule has 19 heavy (non-hydrogen) atoms. The summed E-state index contributed by atoms with van der Waals surface area (Å²) in [4.78, 5) is 4.45. The van der Waals surface area contributed by atoms with Crippen molar-refractivity contribution in [3.05, 3.63) is 59.4 Å². The molecule has 0 unspecified atom stereocenters. The van der Waals surface area contributed by atoms with E-state index in [-0.39, 0.29) is 0 Å². The number of benzene rings is 1. The molecule has 2 heterocycles. The zero-order chi connectivity index (χ0) is 13.2. The third-order valence-electron chi connectivity index (χ3n) is 3.02. The average molecular weight is 250 g/mol. The Hall–Kier alpha value is -2.62. The minimum atomic E-state index is 0.588. The number of anilines is 1. The van der Waals surface area contributed by atoms with Crippen LogP contribution >= 0.6 is 0 Å². The third-order valence-corrected chi connectivity index (χ3v) is 3.02. The number of hydrogen-bond acceptors (Lipinski definition) is 3. The van der Waals surface area contributed by atoms with Crippen LogP contribution < -0.4 is 5.73 Å². The lowest BCUT2D eigenvalue weighted by Gasteiger charge is -1.98. The molecule has 0 bridgehead atoms. The monoisotopic (exact) mass is 250 g/mol. The Balaban J connectivity index is 2.06. The first-order chi connectivity index (χ1) is 9.25. The van der Waals surface area contributed by atoms with Crippen molar-refractivity contribution in [1.82, 2.24) is 14.6 Å². The van der Waals surface area contributed by atoms with E-state index in [1.807, 2.05) is 37.3 Å². The Morgan fingerprint density at radius 3 is 2.68 bits per heavy atom.